The molecule has 0 aromatic heterocycles. The van der Waals surface area contributed by atoms with E-state index in [4.69, 9.17) is 0 Å². The first-order chi connectivity index (χ1) is 8.11. The van der Waals surface area contributed by atoms with Gasteiger partial charge >= 0.3 is 0 Å². The standard InChI is InChI=1S/C14H29N3/c1-5-15-13-6-7-14(8-13)17-9-11(2)16(4)12(3)10-17/h11-15H,5-10H2,1-4H3. The van der Waals surface area contributed by atoms with Crippen molar-refractivity contribution in [1.29, 1.82) is 0 Å². The predicted molar refractivity (Wildman–Crippen MR) is 73.4 cm³/mol. The largest absolute Gasteiger partial charge is 0.314 e. The van der Waals surface area contributed by atoms with Crippen molar-refractivity contribution in [2.75, 3.05) is 26.7 Å². The first-order valence-corrected chi connectivity index (χ1v) is 7.31. The van der Waals surface area contributed by atoms with Gasteiger partial charge in [0.15, 0.2) is 0 Å². The average molecular weight is 239 g/mol. The van der Waals surface area contributed by atoms with Crippen molar-refractivity contribution < 1.29 is 0 Å². The second-order valence-corrected chi connectivity index (χ2v) is 6.04. The summed E-state index contributed by atoms with van der Waals surface area (Å²) < 4.78 is 0. The number of nitrogens with zero attached hydrogens (tertiary/aromatic N) is 2. The van der Waals surface area contributed by atoms with Gasteiger partial charge in [-0.1, -0.05) is 6.92 Å². The fraction of sp³-hybridized carbons (Fsp3) is 1.00. The van der Waals surface area contributed by atoms with E-state index in [9.17, 15) is 0 Å². The minimum Gasteiger partial charge on any atom is -0.314 e. The van der Waals surface area contributed by atoms with E-state index in [0.29, 0.717) is 12.1 Å². The molecule has 4 atom stereocenters. The molecule has 2 rings (SSSR count). The van der Waals surface area contributed by atoms with E-state index in [1.807, 2.05) is 0 Å². The maximum Gasteiger partial charge on any atom is 0.0195 e. The summed E-state index contributed by atoms with van der Waals surface area (Å²) in [4.78, 5) is 5.26. The lowest BCUT2D eigenvalue weighted by atomic mass is 10.1. The number of likely N-dealkylation sites (N-methyl/N-ethyl adjacent to an activating group) is 1. The van der Waals surface area contributed by atoms with Crippen LogP contribution in [0, 0.1) is 0 Å². The lowest BCUT2D eigenvalue weighted by molar-refractivity contribution is 0.0346. The van der Waals surface area contributed by atoms with Crippen molar-refractivity contribution in [2.24, 2.45) is 0 Å². The summed E-state index contributed by atoms with van der Waals surface area (Å²) in [6, 6.07) is 3.02. The van der Waals surface area contributed by atoms with Gasteiger partial charge in [0.1, 0.15) is 0 Å². The first-order valence-electron chi connectivity index (χ1n) is 7.31. The molecular weight excluding hydrogens is 210 g/mol. The smallest absolute Gasteiger partial charge is 0.0195 e. The average Bonchev–Trinajstić information content (AvgIpc) is 2.74. The van der Waals surface area contributed by atoms with Crippen LogP contribution in [0.4, 0.5) is 0 Å². The molecule has 2 aliphatic rings. The van der Waals surface area contributed by atoms with Crippen LogP contribution in [0.25, 0.3) is 0 Å². The van der Waals surface area contributed by atoms with E-state index < -0.39 is 0 Å². The van der Waals surface area contributed by atoms with Gasteiger partial charge in [0.2, 0.25) is 0 Å². The van der Waals surface area contributed by atoms with Crippen LogP contribution in [0.5, 0.6) is 0 Å². The Morgan fingerprint density at radius 2 is 1.76 bits per heavy atom. The summed E-state index contributed by atoms with van der Waals surface area (Å²) in [5.74, 6) is 0. The molecule has 0 amide bonds. The highest BCUT2D eigenvalue weighted by atomic mass is 15.3. The van der Waals surface area contributed by atoms with Crippen LogP contribution in [0.3, 0.4) is 0 Å². The van der Waals surface area contributed by atoms with Crippen molar-refractivity contribution in [3.63, 3.8) is 0 Å². The molecule has 0 spiro atoms. The van der Waals surface area contributed by atoms with E-state index in [0.717, 1.165) is 18.6 Å². The first kappa shape index (κ1) is 13.3. The summed E-state index contributed by atoms with van der Waals surface area (Å²) in [5, 5.41) is 3.61. The predicted octanol–water partition coefficient (Wildman–Crippen LogP) is 1.54. The molecule has 3 nitrogen and oxygen atoms in total. The lowest BCUT2D eigenvalue weighted by Gasteiger charge is -2.45. The molecule has 2 fully saturated rings. The molecule has 1 aliphatic carbocycles. The molecule has 0 bridgehead atoms. The zero-order valence-electron chi connectivity index (χ0n) is 11.9. The Balaban J connectivity index is 1.87. The van der Waals surface area contributed by atoms with Gasteiger partial charge in [-0.2, -0.15) is 0 Å². The minimum absolute atomic E-state index is 0.705. The molecule has 0 aromatic carbocycles. The van der Waals surface area contributed by atoms with Crippen molar-refractivity contribution in [2.45, 2.75) is 64.2 Å². The molecule has 100 valence electrons. The Morgan fingerprint density at radius 1 is 1.12 bits per heavy atom. The Bertz CT molecular complexity index is 232. The Morgan fingerprint density at radius 3 is 2.35 bits per heavy atom. The van der Waals surface area contributed by atoms with Gasteiger partial charge in [-0.15, -0.1) is 0 Å². The van der Waals surface area contributed by atoms with Gasteiger partial charge in [-0.25, -0.2) is 0 Å². The molecule has 1 N–H and O–H groups in total. The molecule has 4 unspecified atom stereocenters. The highest BCUT2D eigenvalue weighted by Gasteiger charge is 2.34. The molecule has 1 heterocycles. The zero-order chi connectivity index (χ0) is 12.4. The summed E-state index contributed by atoms with van der Waals surface area (Å²) in [6.45, 7) is 10.6. The van der Waals surface area contributed by atoms with E-state index in [1.54, 1.807) is 0 Å². The zero-order valence-corrected chi connectivity index (χ0v) is 11.9. The van der Waals surface area contributed by atoms with Crippen LogP contribution in [0.2, 0.25) is 0 Å². The number of hydrogen-bond acceptors (Lipinski definition) is 3. The van der Waals surface area contributed by atoms with Gasteiger partial charge in [-0.05, 0) is 46.7 Å². The van der Waals surface area contributed by atoms with E-state index in [-0.39, 0.29) is 0 Å². The summed E-state index contributed by atoms with van der Waals surface area (Å²) in [7, 11) is 2.27. The monoisotopic (exact) mass is 239 g/mol. The normalized spacial score (nSPS) is 40.9. The molecule has 17 heavy (non-hydrogen) atoms. The maximum atomic E-state index is 3.61. The van der Waals surface area contributed by atoms with E-state index in [2.05, 4.69) is 42.9 Å². The van der Waals surface area contributed by atoms with Gasteiger partial charge in [-0.3, -0.25) is 9.80 Å². The fourth-order valence-electron chi connectivity index (χ4n) is 3.51. The highest BCUT2D eigenvalue weighted by Crippen LogP contribution is 2.27. The Kier molecular flexibility index (Phi) is 4.45. The molecule has 1 saturated heterocycles. The van der Waals surface area contributed by atoms with Crippen LogP contribution in [-0.2, 0) is 0 Å². The number of rotatable bonds is 3. The number of hydrogen-bond donors (Lipinski definition) is 1. The van der Waals surface area contributed by atoms with Gasteiger partial charge in [0.05, 0.1) is 0 Å². The van der Waals surface area contributed by atoms with Crippen molar-refractivity contribution in [1.82, 2.24) is 15.1 Å². The van der Waals surface area contributed by atoms with E-state index >= 15 is 0 Å². The van der Waals surface area contributed by atoms with Gasteiger partial charge in [0.25, 0.3) is 0 Å². The molecular formula is C14H29N3. The van der Waals surface area contributed by atoms with Gasteiger partial charge < -0.3 is 5.32 Å². The lowest BCUT2D eigenvalue weighted by Crippen LogP contribution is -2.57. The third-order valence-corrected chi connectivity index (χ3v) is 4.80. The molecule has 1 saturated carbocycles. The molecule has 1 aliphatic heterocycles. The van der Waals surface area contributed by atoms with Crippen molar-refractivity contribution in [3.05, 3.63) is 0 Å². The summed E-state index contributed by atoms with van der Waals surface area (Å²) in [5.41, 5.74) is 0. The van der Waals surface area contributed by atoms with Crippen LogP contribution in [0.1, 0.15) is 40.0 Å². The van der Waals surface area contributed by atoms with E-state index in [1.165, 1.54) is 32.4 Å². The highest BCUT2D eigenvalue weighted by molar-refractivity contribution is 4.92. The van der Waals surface area contributed by atoms with Crippen LogP contribution < -0.4 is 5.32 Å². The molecule has 3 heteroatoms. The Labute approximate surface area is 107 Å². The summed E-state index contributed by atoms with van der Waals surface area (Å²) >= 11 is 0. The second-order valence-electron chi connectivity index (χ2n) is 6.04. The fourth-order valence-corrected chi connectivity index (χ4v) is 3.51. The SMILES string of the molecule is CCNC1CCC(N2CC(C)N(C)C(C)C2)C1. The van der Waals surface area contributed by atoms with Crippen LogP contribution in [-0.4, -0.2) is 60.6 Å². The second kappa shape index (κ2) is 5.68. The van der Waals surface area contributed by atoms with Crippen molar-refractivity contribution >= 4 is 0 Å². The van der Waals surface area contributed by atoms with Crippen LogP contribution in [0.15, 0.2) is 0 Å². The number of piperazine rings is 1. The molecule has 0 radical (unpaired) electrons. The van der Waals surface area contributed by atoms with Gasteiger partial charge in [0, 0.05) is 37.3 Å². The summed E-state index contributed by atoms with van der Waals surface area (Å²) in [6.07, 6.45) is 4.12. The van der Waals surface area contributed by atoms with Crippen molar-refractivity contribution in [3.8, 4) is 0 Å². The maximum absolute atomic E-state index is 3.61. The Hall–Kier alpha value is -0.120. The third kappa shape index (κ3) is 3.01. The minimum atomic E-state index is 0.705. The quantitative estimate of drug-likeness (QED) is 0.806. The number of nitrogens with one attached hydrogen (secondary N) is 1. The topological polar surface area (TPSA) is 18.5 Å². The molecule has 0 aromatic rings. The van der Waals surface area contributed by atoms with Crippen LogP contribution >= 0.6 is 0 Å². The third-order valence-electron chi connectivity index (χ3n) is 4.80.